The van der Waals surface area contributed by atoms with E-state index >= 15 is 0 Å². The lowest BCUT2D eigenvalue weighted by molar-refractivity contribution is 0.112. The Morgan fingerprint density at radius 2 is 2.15 bits per heavy atom. The van der Waals surface area contributed by atoms with Crippen LogP contribution in [0, 0.1) is 0 Å². The van der Waals surface area contributed by atoms with Crippen molar-refractivity contribution < 1.29 is 4.79 Å². The molecule has 0 radical (unpaired) electrons. The third kappa shape index (κ3) is 1.29. The van der Waals surface area contributed by atoms with Crippen LogP contribution in [0.5, 0.6) is 0 Å². The van der Waals surface area contributed by atoms with Crippen molar-refractivity contribution in [1.82, 2.24) is 4.98 Å². The summed E-state index contributed by atoms with van der Waals surface area (Å²) in [5.74, 6) is 0. The molecular weight excluding hydrogens is 186 g/mol. The Morgan fingerprint density at radius 1 is 1.31 bits per heavy atom. The van der Waals surface area contributed by atoms with Gasteiger partial charge < -0.3 is 0 Å². The van der Waals surface area contributed by atoms with E-state index in [0.717, 1.165) is 17.1 Å². The number of nitrogens with zero attached hydrogens (tertiary/aromatic N) is 1. The Bertz CT molecular complexity index is 462. The molecule has 64 valence electrons. The van der Waals surface area contributed by atoms with Gasteiger partial charge >= 0.3 is 0 Å². The van der Waals surface area contributed by atoms with Gasteiger partial charge in [-0.3, -0.25) is 9.78 Å². The molecule has 0 saturated carbocycles. The van der Waals surface area contributed by atoms with E-state index in [0.29, 0.717) is 10.6 Å². The van der Waals surface area contributed by atoms with Crippen molar-refractivity contribution in [3.05, 3.63) is 41.2 Å². The minimum Gasteiger partial charge on any atom is -0.298 e. The first kappa shape index (κ1) is 8.20. The molecule has 0 aliphatic rings. The molecular formula is C10H6ClNO. The van der Waals surface area contributed by atoms with Gasteiger partial charge in [0.2, 0.25) is 0 Å². The highest BCUT2D eigenvalue weighted by atomic mass is 35.5. The van der Waals surface area contributed by atoms with Crippen LogP contribution in [0.1, 0.15) is 10.4 Å². The van der Waals surface area contributed by atoms with Crippen LogP contribution in [-0.4, -0.2) is 11.3 Å². The molecule has 2 nitrogen and oxygen atoms in total. The van der Waals surface area contributed by atoms with Gasteiger partial charge in [0.05, 0.1) is 0 Å². The van der Waals surface area contributed by atoms with E-state index in [1.807, 2.05) is 12.1 Å². The second kappa shape index (κ2) is 3.15. The van der Waals surface area contributed by atoms with Crippen molar-refractivity contribution in [3.63, 3.8) is 0 Å². The average Bonchev–Trinajstić information content (AvgIpc) is 2.17. The summed E-state index contributed by atoms with van der Waals surface area (Å²) < 4.78 is 0. The molecule has 1 aromatic carbocycles. The zero-order chi connectivity index (χ0) is 9.26. The normalized spacial score (nSPS) is 10.2. The average molecular weight is 192 g/mol. The largest absolute Gasteiger partial charge is 0.298 e. The van der Waals surface area contributed by atoms with Crippen LogP contribution in [0.4, 0.5) is 0 Å². The number of carbonyl (C=O) groups excluding carboxylic acids is 1. The molecule has 3 heteroatoms. The quantitative estimate of drug-likeness (QED) is 0.649. The van der Waals surface area contributed by atoms with Gasteiger partial charge in [0, 0.05) is 33.8 Å². The SMILES string of the molecule is O=Cc1cncc2cccc(Cl)c12. The molecule has 1 aromatic heterocycles. The van der Waals surface area contributed by atoms with E-state index in [9.17, 15) is 4.79 Å². The number of aromatic nitrogens is 1. The van der Waals surface area contributed by atoms with E-state index in [1.54, 1.807) is 12.3 Å². The summed E-state index contributed by atoms with van der Waals surface area (Å²) in [6.45, 7) is 0. The van der Waals surface area contributed by atoms with Crippen LogP contribution in [0.15, 0.2) is 30.6 Å². The summed E-state index contributed by atoms with van der Waals surface area (Å²) in [5, 5.41) is 2.24. The molecule has 0 amide bonds. The molecule has 0 atom stereocenters. The Morgan fingerprint density at radius 3 is 2.92 bits per heavy atom. The molecule has 0 spiro atoms. The van der Waals surface area contributed by atoms with E-state index < -0.39 is 0 Å². The van der Waals surface area contributed by atoms with Crippen LogP contribution in [0.2, 0.25) is 5.02 Å². The van der Waals surface area contributed by atoms with Crippen molar-refractivity contribution in [2.45, 2.75) is 0 Å². The van der Waals surface area contributed by atoms with E-state index in [2.05, 4.69) is 4.98 Å². The third-order valence-electron chi connectivity index (χ3n) is 1.89. The molecule has 0 aliphatic carbocycles. The number of fused-ring (bicyclic) bond motifs is 1. The highest BCUT2D eigenvalue weighted by Crippen LogP contribution is 2.24. The van der Waals surface area contributed by atoms with Crippen molar-refractivity contribution in [1.29, 1.82) is 0 Å². The maximum Gasteiger partial charge on any atom is 0.152 e. The fourth-order valence-electron chi connectivity index (χ4n) is 1.30. The topological polar surface area (TPSA) is 30.0 Å². The van der Waals surface area contributed by atoms with E-state index in [1.165, 1.54) is 6.20 Å². The number of aldehydes is 1. The van der Waals surface area contributed by atoms with Crippen molar-refractivity contribution in [2.24, 2.45) is 0 Å². The van der Waals surface area contributed by atoms with Gasteiger partial charge in [0.15, 0.2) is 6.29 Å². The smallest absolute Gasteiger partial charge is 0.152 e. The predicted octanol–water partition coefficient (Wildman–Crippen LogP) is 2.70. The Hall–Kier alpha value is -1.41. The summed E-state index contributed by atoms with van der Waals surface area (Å²) in [6, 6.07) is 5.47. The molecule has 0 fully saturated rings. The van der Waals surface area contributed by atoms with Gasteiger partial charge in [-0.15, -0.1) is 0 Å². The van der Waals surface area contributed by atoms with Gasteiger partial charge in [-0.05, 0) is 6.07 Å². The minimum atomic E-state index is 0.531. The fraction of sp³-hybridized carbons (Fsp3) is 0. The number of hydrogen-bond acceptors (Lipinski definition) is 2. The molecule has 0 N–H and O–H groups in total. The van der Waals surface area contributed by atoms with E-state index in [-0.39, 0.29) is 0 Å². The first-order chi connectivity index (χ1) is 6.33. The molecule has 1 heterocycles. The Labute approximate surface area is 80.2 Å². The first-order valence-electron chi connectivity index (χ1n) is 3.80. The first-order valence-corrected chi connectivity index (χ1v) is 4.18. The highest BCUT2D eigenvalue weighted by Gasteiger charge is 2.03. The summed E-state index contributed by atoms with van der Waals surface area (Å²) in [6.07, 6.45) is 3.97. The highest BCUT2D eigenvalue weighted by molar-refractivity contribution is 6.36. The number of rotatable bonds is 1. The lowest BCUT2D eigenvalue weighted by Crippen LogP contribution is -1.86. The lowest BCUT2D eigenvalue weighted by atomic mass is 10.1. The molecule has 0 aliphatic heterocycles. The second-order valence-corrected chi connectivity index (χ2v) is 3.09. The minimum absolute atomic E-state index is 0.531. The summed E-state index contributed by atoms with van der Waals surface area (Å²) in [7, 11) is 0. The summed E-state index contributed by atoms with van der Waals surface area (Å²) >= 11 is 5.95. The second-order valence-electron chi connectivity index (χ2n) is 2.68. The predicted molar refractivity (Wildman–Crippen MR) is 52.1 cm³/mol. The molecule has 2 aromatic rings. The number of benzene rings is 1. The van der Waals surface area contributed by atoms with Crippen LogP contribution < -0.4 is 0 Å². The fourth-order valence-corrected chi connectivity index (χ4v) is 1.60. The lowest BCUT2D eigenvalue weighted by Gasteiger charge is -2.01. The summed E-state index contributed by atoms with van der Waals surface area (Å²) in [4.78, 5) is 14.6. The van der Waals surface area contributed by atoms with Gasteiger partial charge in [0.1, 0.15) is 0 Å². The number of hydrogen-bond donors (Lipinski definition) is 0. The zero-order valence-corrected chi connectivity index (χ0v) is 7.45. The monoisotopic (exact) mass is 191 g/mol. The number of halogens is 1. The third-order valence-corrected chi connectivity index (χ3v) is 2.20. The molecule has 0 bridgehead atoms. The maximum atomic E-state index is 10.7. The zero-order valence-electron chi connectivity index (χ0n) is 6.70. The molecule has 13 heavy (non-hydrogen) atoms. The van der Waals surface area contributed by atoms with Crippen molar-refractivity contribution in [3.8, 4) is 0 Å². The van der Waals surface area contributed by atoms with E-state index in [4.69, 9.17) is 11.6 Å². The van der Waals surface area contributed by atoms with Crippen LogP contribution in [0.3, 0.4) is 0 Å². The van der Waals surface area contributed by atoms with Crippen molar-refractivity contribution in [2.75, 3.05) is 0 Å². The maximum absolute atomic E-state index is 10.7. The van der Waals surface area contributed by atoms with Crippen LogP contribution in [-0.2, 0) is 0 Å². The number of carbonyl (C=O) groups is 1. The summed E-state index contributed by atoms with van der Waals surface area (Å²) in [5.41, 5.74) is 0.531. The number of pyridine rings is 1. The van der Waals surface area contributed by atoms with Crippen molar-refractivity contribution >= 4 is 28.7 Å². The van der Waals surface area contributed by atoms with Gasteiger partial charge in [-0.25, -0.2) is 0 Å². The standard InChI is InChI=1S/C10H6ClNO/c11-9-3-1-2-7-4-12-5-8(6-13)10(7)9/h1-6H. The Balaban J connectivity index is 2.94. The molecule has 0 unspecified atom stereocenters. The molecule has 0 saturated heterocycles. The van der Waals surface area contributed by atoms with Gasteiger partial charge in [-0.1, -0.05) is 23.7 Å². The van der Waals surface area contributed by atoms with Gasteiger partial charge in [0.25, 0.3) is 0 Å². The van der Waals surface area contributed by atoms with Gasteiger partial charge in [-0.2, -0.15) is 0 Å². The Kier molecular flexibility index (Phi) is 1.99. The molecule has 2 rings (SSSR count). The van der Waals surface area contributed by atoms with Crippen LogP contribution in [0.25, 0.3) is 10.8 Å². The van der Waals surface area contributed by atoms with Crippen LogP contribution >= 0.6 is 11.6 Å².